The predicted molar refractivity (Wildman–Crippen MR) is 98.6 cm³/mol. The van der Waals surface area contributed by atoms with Crippen molar-refractivity contribution in [1.82, 2.24) is 14.9 Å². The number of aryl methyl sites for hydroxylation is 1. The molecule has 1 saturated heterocycles. The molecule has 0 unspecified atom stereocenters. The molecule has 26 heavy (non-hydrogen) atoms. The first-order valence-corrected chi connectivity index (χ1v) is 8.58. The Kier molecular flexibility index (Phi) is 6.34. The van der Waals surface area contributed by atoms with Gasteiger partial charge in [0.05, 0.1) is 25.1 Å². The van der Waals surface area contributed by atoms with Gasteiger partial charge in [-0.15, -0.1) is 0 Å². The van der Waals surface area contributed by atoms with E-state index >= 15 is 0 Å². The number of nitrogens with one attached hydrogen (secondary N) is 2. The molecule has 0 saturated carbocycles. The van der Waals surface area contributed by atoms with Gasteiger partial charge in [0, 0.05) is 32.0 Å². The highest BCUT2D eigenvalue weighted by Crippen LogP contribution is 2.26. The first-order chi connectivity index (χ1) is 12.7. The fraction of sp³-hybridized carbons (Fsp3) is 0.389. The molecule has 2 N–H and O–H groups in total. The fourth-order valence-corrected chi connectivity index (χ4v) is 2.61. The summed E-state index contributed by atoms with van der Waals surface area (Å²) < 4.78 is 11.2. The number of hydrogen-bond donors (Lipinski definition) is 2. The number of urea groups is 1. The zero-order chi connectivity index (χ0) is 18.2. The number of amides is 2. The van der Waals surface area contributed by atoms with Crippen LogP contribution in [0.1, 0.15) is 5.56 Å². The van der Waals surface area contributed by atoms with Gasteiger partial charge < -0.3 is 14.8 Å². The van der Waals surface area contributed by atoms with Crippen molar-refractivity contribution in [3.8, 4) is 5.75 Å². The summed E-state index contributed by atoms with van der Waals surface area (Å²) in [6.45, 7) is 6.70. The monoisotopic (exact) mass is 357 g/mol. The molecule has 8 heteroatoms. The van der Waals surface area contributed by atoms with E-state index in [-0.39, 0.29) is 0 Å². The average molecular weight is 357 g/mol. The summed E-state index contributed by atoms with van der Waals surface area (Å²) in [5, 5.41) is 5.46. The number of benzene rings is 1. The van der Waals surface area contributed by atoms with Gasteiger partial charge in [-0.25, -0.2) is 9.78 Å². The van der Waals surface area contributed by atoms with Gasteiger partial charge in [-0.3, -0.25) is 15.2 Å². The van der Waals surface area contributed by atoms with Crippen molar-refractivity contribution < 1.29 is 14.3 Å². The summed E-state index contributed by atoms with van der Waals surface area (Å²) in [6, 6.07) is 5.30. The maximum Gasteiger partial charge on any atom is 0.324 e. The maximum atomic E-state index is 12.2. The van der Waals surface area contributed by atoms with Crippen molar-refractivity contribution in [2.75, 3.05) is 50.1 Å². The van der Waals surface area contributed by atoms with Gasteiger partial charge >= 0.3 is 6.03 Å². The molecule has 3 rings (SSSR count). The van der Waals surface area contributed by atoms with E-state index in [0.29, 0.717) is 23.9 Å². The van der Waals surface area contributed by atoms with E-state index in [0.717, 1.165) is 38.4 Å². The SMILES string of the molecule is Cc1ccc(OCCN2CCOCC2)c(NC(=O)Nc2cnccn2)c1. The molecule has 1 aliphatic rings. The Bertz CT molecular complexity index is 720. The van der Waals surface area contributed by atoms with Crippen molar-refractivity contribution in [2.45, 2.75) is 6.92 Å². The number of hydrogen-bond acceptors (Lipinski definition) is 6. The fourth-order valence-electron chi connectivity index (χ4n) is 2.61. The number of aromatic nitrogens is 2. The molecule has 1 aromatic heterocycles. The van der Waals surface area contributed by atoms with E-state index in [4.69, 9.17) is 9.47 Å². The van der Waals surface area contributed by atoms with E-state index in [2.05, 4.69) is 25.5 Å². The van der Waals surface area contributed by atoms with Crippen LogP contribution in [0.4, 0.5) is 16.3 Å². The third-order valence-electron chi connectivity index (χ3n) is 3.96. The van der Waals surface area contributed by atoms with Gasteiger partial charge in [0.15, 0.2) is 5.82 Å². The van der Waals surface area contributed by atoms with Gasteiger partial charge in [0.2, 0.25) is 0 Å². The molecule has 1 aromatic carbocycles. The highest BCUT2D eigenvalue weighted by Gasteiger charge is 2.12. The van der Waals surface area contributed by atoms with Crippen molar-refractivity contribution >= 4 is 17.5 Å². The standard InChI is InChI=1S/C18H23N5O3/c1-14-2-3-16(26-11-8-23-6-9-25-10-7-23)15(12-14)21-18(24)22-17-13-19-4-5-20-17/h2-5,12-13H,6-11H2,1H3,(H2,20,21,22,24). The molecule has 2 amide bonds. The van der Waals surface area contributed by atoms with E-state index < -0.39 is 6.03 Å². The van der Waals surface area contributed by atoms with Gasteiger partial charge in [-0.05, 0) is 24.6 Å². The number of anilines is 2. The minimum absolute atomic E-state index is 0.382. The Hall–Kier alpha value is -2.71. The summed E-state index contributed by atoms with van der Waals surface area (Å²) in [7, 11) is 0. The molecular weight excluding hydrogens is 334 g/mol. The molecule has 0 aliphatic carbocycles. The number of carbonyl (C=O) groups is 1. The molecule has 2 heterocycles. The lowest BCUT2D eigenvalue weighted by Crippen LogP contribution is -2.38. The molecule has 1 aliphatic heterocycles. The normalized spacial score (nSPS) is 14.7. The summed E-state index contributed by atoms with van der Waals surface area (Å²) in [4.78, 5) is 22.4. The molecule has 0 atom stereocenters. The third-order valence-corrected chi connectivity index (χ3v) is 3.96. The lowest BCUT2D eigenvalue weighted by Gasteiger charge is -2.26. The lowest BCUT2D eigenvalue weighted by atomic mass is 10.2. The van der Waals surface area contributed by atoms with Crippen LogP contribution in [-0.4, -0.2) is 60.4 Å². The minimum atomic E-state index is -0.394. The Balaban J connectivity index is 1.57. The van der Waals surface area contributed by atoms with Gasteiger partial charge in [-0.2, -0.15) is 0 Å². The van der Waals surface area contributed by atoms with Crippen LogP contribution in [0.2, 0.25) is 0 Å². The summed E-state index contributed by atoms with van der Waals surface area (Å²) in [6.07, 6.45) is 4.54. The number of ether oxygens (including phenoxy) is 2. The Morgan fingerprint density at radius 1 is 1.27 bits per heavy atom. The number of morpholine rings is 1. The molecular formula is C18H23N5O3. The second-order valence-corrected chi connectivity index (χ2v) is 5.97. The minimum Gasteiger partial charge on any atom is -0.490 e. The number of nitrogens with zero attached hydrogens (tertiary/aromatic N) is 3. The van der Waals surface area contributed by atoms with Crippen LogP contribution in [-0.2, 0) is 4.74 Å². The van der Waals surface area contributed by atoms with E-state index in [1.807, 2.05) is 25.1 Å². The molecule has 0 bridgehead atoms. The Morgan fingerprint density at radius 2 is 2.12 bits per heavy atom. The number of carbonyl (C=O) groups excluding carboxylic acids is 1. The summed E-state index contributed by atoms with van der Waals surface area (Å²) in [5.74, 6) is 1.02. The van der Waals surface area contributed by atoms with Crippen molar-refractivity contribution in [3.63, 3.8) is 0 Å². The molecule has 2 aromatic rings. The first kappa shape index (κ1) is 18.1. The van der Waals surface area contributed by atoms with Crippen LogP contribution in [0.15, 0.2) is 36.8 Å². The van der Waals surface area contributed by atoms with Crippen LogP contribution in [0.5, 0.6) is 5.75 Å². The van der Waals surface area contributed by atoms with Gasteiger partial charge in [0.25, 0.3) is 0 Å². The number of rotatable bonds is 6. The lowest BCUT2D eigenvalue weighted by molar-refractivity contribution is 0.0323. The Morgan fingerprint density at radius 3 is 2.88 bits per heavy atom. The largest absolute Gasteiger partial charge is 0.490 e. The van der Waals surface area contributed by atoms with E-state index in [1.54, 1.807) is 6.20 Å². The highest BCUT2D eigenvalue weighted by molar-refractivity contribution is 6.00. The highest BCUT2D eigenvalue weighted by atomic mass is 16.5. The third kappa shape index (κ3) is 5.40. The van der Waals surface area contributed by atoms with E-state index in [1.165, 1.54) is 12.4 Å². The van der Waals surface area contributed by atoms with E-state index in [9.17, 15) is 4.79 Å². The maximum absolute atomic E-state index is 12.2. The zero-order valence-corrected chi connectivity index (χ0v) is 14.8. The second-order valence-electron chi connectivity index (χ2n) is 5.97. The zero-order valence-electron chi connectivity index (χ0n) is 14.8. The van der Waals surface area contributed by atoms with Crippen LogP contribution in [0, 0.1) is 6.92 Å². The summed E-state index contributed by atoms with van der Waals surface area (Å²) in [5.41, 5.74) is 1.65. The Labute approximate surface area is 152 Å². The van der Waals surface area contributed by atoms with Crippen molar-refractivity contribution in [2.24, 2.45) is 0 Å². The quantitative estimate of drug-likeness (QED) is 0.823. The second kappa shape index (κ2) is 9.12. The van der Waals surface area contributed by atoms with Crippen LogP contribution in [0.25, 0.3) is 0 Å². The molecule has 0 radical (unpaired) electrons. The van der Waals surface area contributed by atoms with Crippen molar-refractivity contribution in [3.05, 3.63) is 42.4 Å². The van der Waals surface area contributed by atoms with Gasteiger partial charge in [-0.1, -0.05) is 6.07 Å². The average Bonchev–Trinajstić information content (AvgIpc) is 2.65. The predicted octanol–water partition coefficient (Wildman–Crippen LogP) is 2.14. The smallest absolute Gasteiger partial charge is 0.324 e. The van der Waals surface area contributed by atoms with Crippen LogP contribution in [0.3, 0.4) is 0 Å². The molecule has 8 nitrogen and oxygen atoms in total. The molecule has 138 valence electrons. The van der Waals surface area contributed by atoms with Crippen LogP contribution >= 0.6 is 0 Å². The summed E-state index contributed by atoms with van der Waals surface area (Å²) >= 11 is 0. The molecule has 0 spiro atoms. The first-order valence-electron chi connectivity index (χ1n) is 8.58. The van der Waals surface area contributed by atoms with Crippen LogP contribution < -0.4 is 15.4 Å². The van der Waals surface area contributed by atoms with Gasteiger partial charge in [0.1, 0.15) is 12.4 Å². The topological polar surface area (TPSA) is 88.6 Å². The molecule has 1 fully saturated rings. The van der Waals surface area contributed by atoms with Crippen molar-refractivity contribution in [1.29, 1.82) is 0 Å².